The van der Waals surface area contributed by atoms with Gasteiger partial charge in [-0.3, -0.25) is 9.59 Å². The molecule has 0 bridgehead atoms. The molecule has 1 aromatic carbocycles. The summed E-state index contributed by atoms with van der Waals surface area (Å²) in [5, 5.41) is 6.40. The summed E-state index contributed by atoms with van der Waals surface area (Å²) in [5.74, 6) is -0.110. The summed E-state index contributed by atoms with van der Waals surface area (Å²) in [7, 11) is 1.83. The molecule has 0 aliphatic carbocycles. The Hall–Kier alpha value is -1.59. The molecule has 0 fully saturated rings. The van der Waals surface area contributed by atoms with E-state index >= 15 is 0 Å². The number of carbonyl (C=O) groups is 2. The molecule has 0 aliphatic heterocycles. The van der Waals surface area contributed by atoms with E-state index < -0.39 is 0 Å². The van der Waals surface area contributed by atoms with E-state index in [-0.39, 0.29) is 24.4 Å². The first-order valence-electron chi connectivity index (χ1n) is 7.55. The number of hydrogen-bond donors (Lipinski definition) is 3. The van der Waals surface area contributed by atoms with Crippen molar-refractivity contribution in [1.29, 1.82) is 0 Å². The molecule has 1 unspecified atom stereocenters. The normalized spacial score (nSPS) is 13.3. The van der Waals surface area contributed by atoms with Gasteiger partial charge in [0, 0.05) is 11.6 Å². The fraction of sp³-hybridized carbons (Fsp3) is 0.500. The Morgan fingerprint density at radius 3 is 2.36 bits per heavy atom. The SMILES string of the molecule is CCCNC(=O)C[NH+](C)CC(=O)N[C@H](C)c1ccc(Cl)cc1. The predicted molar refractivity (Wildman–Crippen MR) is 87.9 cm³/mol. The van der Waals surface area contributed by atoms with Gasteiger partial charge in [-0.2, -0.15) is 0 Å². The lowest BCUT2D eigenvalue weighted by molar-refractivity contribution is -0.862. The van der Waals surface area contributed by atoms with Gasteiger partial charge in [-0.15, -0.1) is 0 Å². The molecule has 0 saturated heterocycles. The van der Waals surface area contributed by atoms with Crippen LogP contribution in [-0.4, -0.2) is 38.5 Å². The van der Waals surface area contributed by atoms with Crippen LogP contribution < -0.4 is 15.5 Å². The summed E-state index contributed by atoms with van der Waals surface area (Å²) in [6.07, 6.45) is 0.907. The molecule has 0 radical (unpaired) electrons. The van der Waals surface area contributed by atoms with Gasteiger partial charge in [0.2, 0.25) is 0 Å². The van der Waals surface area contributed by atoms with Crippen molar-refractivity contribution in [1.82, 2.24) is 10.6 Å². The minimum Gasteiger partial charge on any atom is -0.351 e. The van der Waals surface area contributed by atoms with Crippen molar-refractivity contribution in [2.45, 2.75) is 26.3 Å². The zero-order valence-corrected chi connectivity index (χ0v) is 14.2. The number of hydrogen-bond acceptors (Lipinski definition) is 2. The molecule has 122 valence electrons. The van der Waals surface area contributed by atoms with Crippen LogP contribution in [0.25, 0.3) is 0 Å². The summed E-state index contributed by atoms with van der Waals surface area (Å²) in [4.78, 5) is 24.5. The highest BCUT2D eigenvalue weighted by atomic mass is 35.5. The van der Waals surface area contributed by atoms with Crippen LogP contribution in [-0.2, 0) is 9.59 Å². The Bertz CT molecular complexity index is 491. The zero-order chi connectivity index (χ0) is 16.5. The van der Waals surface area contributed by atoms with Gasteiger partial charge in [0.05, 0.1) is 13.1 Å². The van der Waals surface area contributed by atoms with E-state index in [2.05, 4.69) is 10.6 Å². The molecule has 6 heteroatoms. The second kappa shape index (κ2) is 9.43. The van der Waals surface area contributed by atoms with Crippen LogP contribution in [0.4, 0.5) is 0 Å². The van der Waals surface area contributed by atoms with Crippen molar-refractivity contribution in [3.05, 3.63) is 34.9 Å². The highest BCUT2D eigenvalue weighted by Crippen LogP contribution is 2.15. The largest absolute Gasteiger partial charge is 0.351 e. The average Bonchev–Trinajstić information content (AvgIpc) is 2.45. The van der Waals surface area contributed by atoms with Crippen molar-refractivity contribution >= 4 is 23.4 Å². The lowest BCUT2D eigenvalue weighted by atomic mass is 10.1. The van der Waals surface area contributed by atoms with Gasteiger partial charge >= 0.3 is 0 Å². The van der Waals surface area contributed by atoms with Crippen LogP contribution >= 0.6 is 11.6 Å². The van der Waals surface area contributed by atoms with Crippen LogP contribution in [0.15, 0.2) is 24.3 Å². The van der Waals surface area contributed by atoms with E-state index in [9.17, 15) is 9.59 Å². The molecule has 22 heavy (non-hydrogen) atoms. The second-order valence-corrected chi connectivity index (χ2v) is 5.94. The number of nitrogens with one attached hydrogen (secondary N) is 3. The predicted octanol–water partition coefficient (Wildman–Crippen LogP) is 0.558. The molecule has 2 atom stereocenters. The Labute approximate surface area is 137 Å². The number of rotatable bonds is 8. The summed E-state index contributed by atoms with van der Waals surface area (Å²) < 4.78 is 0. The van der Waals surface area contributed by atoms with Crippen LogP contribution in [0.5, 0.6) is 0 Å². The number of likely N-dealkylation sites (N-methyl/N-ethyl adjacent to an activating group) is 1. The molecule has 2 amide bonds. The van der Waals surface area contributed by atoms with Crippen molar-refractivity contribution in [2.24, 2.45) is 0 Å². The Morgan fingerprint density at radius 2 is 1.77 bits per heavy atom. The average molecular weight is 327 g/mol. The minimum atomic E-state index is -0.0912. The zero-order valence-electron chi connectivity index (χ0n) is 13.4. The molecule has 1 aromatic rings. The minimum absolute atomic E-state index is 0.0297. The fourth-order valence-corrected chi connectivity index (χ4v) is 2.19. The molecule has 0 aliphatic rings. The third-order valence-corrected chi connectivity index (χ3v) is 3.50. The molecule has 3 N–H and O–H groups in total. The molecular weight excluding hydrogens is 302 g/mol. The summed E-state index contributed by atoms with van der Waals surface area (Å²) in [6.45, 7) is 5.15. The highest BCUT2D eigenvalue weighted by molar-refractivity contribution is 6.30. The van der Waals surface area contributed by atoms with Gasteiger partial charge in [0.1, 0.15) is 0 Å². The maximum absolute atomic E-state index is 12.0. The van der Waals surface area contributed by atoms with Crippen molar-refractivity contribution < 1.29 is 14.5 Å². The third kappa shape index (κ3) is 6.91. The Balaban J connectivity index is 2.38. The first-order valence-corrected chi connectivity index (χ1v) is 7.93. The van der Waals surface area contributed by atoms with Gasteiger partial charge in [-0.25, -0.2) is 0 Å². The maximum Gasteiger partial charge on any atom is 0.275 e. The van der Waals surface area contributed by atoms with Crippen molar-refractivity contribution in [3.63, 3.8) is 0 Å². The molecular formula is C16H25ClN3O2+. The van der Waals surface area contributed by atoms with Gasteiger partial charge in [-0.1, -0.05) is 30.7 Å². The topological polar surface area (TPSA) is 62.6 Å². The summed E-state index contributed by atoms with van der Waals surface area (Å²) in [5.41, 5.74) is 0.996. The first kappa shape index (κ1) is 18.5. The van der Waals surface area contributed by atoms with Crippen LogP contribution in [0, 0.1) is 0 Å². The molecule has 0 spiro atoms. The summed E-state index contributed by atoms with van der Waals surface area (Å²) in [6, 6.07) is 7.29. The number of amides is 2. The van der Waals surface area contributed by atoms with E-state index in [1.807, 2.05) is 33.0 Å². The van der Waals surface area contributed by atoms with E-state index in [4.69, 9.17) is 11.6 Å². The lowest BCUT2D eigenvalue weighted by Crippen LogP contribution is -3.11. The Kier molecular flexibility index (Phi) is 7.91. The number of benzene rings is 1. The first-order chi connectivity index (χ1) is 10.4. The second-order valence-electron chi connectivity index (χ2n) is 5.50. The Morgan fingerprint density at radius 1 is 1.18 bits per heavy atom. The molecule has 0 aromatic heterocycles. The van der Waals surface area contributed by atoms with Crippen molar-refractivity contribution in [2.75, 3.05) is 26.7 Å². The van der Waals surface area contributed by atoms with Crippen molar-refractivity contribution in [3.8, 4) is 0 Å². The standard InChI is InChI=1S/C16H24ClN3O2/c1-4-9-18-15(21)10-20(3)11-16(22)19-12(2)13-5-7-14(17)8-6-13/h5-8,12H,4,9-11H2,1-3H3,(H,18,21)(H,19,22)/p+1/t12-/m1/s1. The van der Waals surface area contributed by atoms with E-state index in [1.54, 1.807) is 12.1 Å². The summed E-state index contributed by atoms with van der Waals surface area (Å²) >= 11 is 5.85. The van der Waals surface area contributed by atoms with E-state index in [0.29, 0.717) is 18.1 Å². The van der Waals surface area contributed by atoms with Crippen LogP contribution in [0.2, 0.25) is 5.02 Å². The van der Waals surface area contributed by atoms with Crippen LogP contribution in [0.3, 0.4) is 0 Å². The van der Waals surface area contributed by atoms with Crippen LogP contribution in [0.1, 0.15) is 31.9 Å². The number of halogens is 1. The smallest absolute Gasteiger partial charge is 0.275 e. The molecule has 1 rings (SSSR count). The van der Waals surface area contributed by atoms with Gasteiger partial charge < -0.3 is 15.5 Å². The number of carbonyl (C=O) groups excluding carboxylic acids is 2. The molecule has 0 heterocycles. The number of quaternary nitrogens is 1. The van der Waals surface area contributed by atoms with Gasteiger partial charge in [-0.05, 0) is 31.0 Å². The van der Waals surface area contributed by atoms with Gasteiger partial charge in [0.15, 0.2) is 13.1 Å². The third-order valence-electron chi connectivity index (χ3n) is 3.24. The molecule has 5 nitrogen and oxygen atoms in total. The monoisotopic (exact) mass is 326 g/mol. The van der Waals surface area contributed by atoms with Gasteiger partial charge in [0.25, 0.3) is 11.8 Å². The highest BCUT2D eigenvalue weighted by Gasteiger charge is 2.16. The quantitative estimate of drug-likeness (QED) is 0.653. The van der Waals surface area contributed by atoms with E-state index in [1.165, 1.54) is 0 Å². The van der Waals surface area contributed by atoms with E-state index in [0.717, 1.165) is 16.9 Å². The lowest BCUT2D eigenvalue weighted by Gasteiger charge is -2.17. The maximum atomic E-state index is 12.0. The fourth-order valence-electron chi connectivity index (χ4n) is 2.06. The molecule has 0 saturated carbocycles.